The highest BCUT2D eigenvalue weighted by molar-refractivity contribution is 9.10. The highest BCUT2D eigenvalue weighted by atomic mass is 79.9. The van der Waals surface area contributed by atoms with Gasteiger partial charge >= 0.3 is 0 Å². The van der Waals surface area contributed by atoms with Gasteiger partial charge < -0.3 is 5.73 Å². The molecule has 2 rings (SSSR count). The standard InChI is InChI=1S/C16H16BrN3/c1-20(10-13-4-2-3-12(7-13)9-18)11-14-5-6-15(19)8-16(14)17/h2-8H,10-11,19H2,1H3. The first-order valence-corrected chi connectivity index (χ1v) is 7.09. The van der Waals surface area contributed by atoms with Crippen molar-refractivity contribution in [3.8, 4) is 6.07 Å². The van der Waals surface area contributed by atoms with Crippen molar-refractivity contribution in [2.75, 3.05) is 12.8 Å². The van der Waals surface area contributed by atoms with Gasteiger partial charge in [0.1, 0.15) is 0 Å². The van der Waals surface area contributed by atoms with Crippen LogP contribution in [0.5, 0.6) is 0 Å². The van der Waals surface area contributed by atoms with E-state index in [2.05, 4.69) is 33.9 Å². The van der Waals surface area contributed by atoms with Crippen LogP contribution in [0.2, 0.25) is 0 Å². The maximum atomic E-state index is 8.91. The molecule has 3 nitrogen and oxygen atoms in total. The van der Waals surface area contributed by atoms with E-state index in [1.54, 1.807) is 0 Å². The van der Waals surface area contributed by atoms with Crippen molar-refractivity contribution in [2.24, 2.45) is 0 Å². The van der Waals surface area contributed by atoms with Gasteiger partial charge in [-0.05, 0) is 42.4 Å². The molecule has 0 bridgehead atoms. The topological polar surface area (TPSA) is 53.0 Å². The molecular formula is C16H16BrN3. The fraction of sp³-hybridized carbons (Fsp3) is 0.188. The van der Waals surface area contributed by atoms with Crippen LogP contribution in [0.3, 0.4) is 0 Å². The first-order chi connectivity index (χ1) is 9.58. The third kappa shape index (κ3) is 3.83. The summed E-state index contributed by atoms with van der Waals surface area (Å²) in [6.45, 7) is 1.62. The molecule has 0 aliphatic heterocycles. The molecule has 0 heterocycles. The minimum Gasteiger partial charge on any atom is -0.399 e. The highest BCUT2D eigenvalue weighted by Gasteiger charge is 2.06. The second-order valence-electron chi connectivity index (χ2n) is 4.84. The molecule has 0 fully saturated rings. The Morgan fingerprint density at radius 3 is 2.70 bits per heavy atom. The number of halogens is 1. The van der Waals surface area contributed by atoms with Crippen molar-refractivity contribution in [3.05, 3.63) is 63.6 Å². The van der Waals surface area contributed by atoms with Crippen LogP contribution in [0.4, 0.5) is 5.69 Å². The summed E-state index contributed by atoms with van der Waals surface area (Å²) in [6.07, 6.45) is 0. The number of nitriles is 1. The van der Waals surface area contributed by atoms with Crippen LogP contribution < -0.4 is 5.73 Å². The average molecular weight is 330 g/mol. The van der Waals surface area contributed by atoms with E-state index in [1.807, 2.05) is 42.5 Å². The number of hydrogen-bond acceptors (Lipinski definition) is 3. The maximum absolute atomic E-state index is 8.91. The number of nitrogens with two attached hydrogens (primary N) is 1. The second kappa shape index (κ2) is 6.56. The molecule has 0 aromatic heterocycles. The molecule has 0 aliphatic carbocycles. The predicted molar refractivity (Wildman–Crippen MR) is 84.9 cm³/mol. The van der Waals surface area contributed by atoms with E-state index < -0.39 is 0 Å². The zero-order valence-electron chi connectivity index (χ0n) is 11.3. The van der Waals surface area contributed by atoms with E-state index in [1.165, 1.54) is 5.56 Å². The fourth-order valence-electron chi connectivity index (χ4n) is 2.09. The molecule has 0 saturated carbocycles. The number of hydrogen-bond donors (Lipinski definition) is 1. The fourth-order valence-corrected chi connectivity index (χ4v) is 2.61. The molecule has 0 atom stereocenters. The smallest absolute Gasteiger partial charge is 0.0991 e. The molecule has 2 N–H and O–H groups in total. The Hall–Kier alpha value is -1.83. The summed E-state index contributed by atoms with van der Waals surface area (Å²) >= 11 is 3.53. The third-order valence-electron chi connectivity index (χ3n) is 3.03. The van der Waals surface area contributed by atoms with Gasteiger partial charge in [-0.3, -0.25) is 4.90 Å². The van der Waals surface area contributed by atoms with Gasteiger partial charge in [0.25, 0.3) is 0 Å². The Labute approximate surface area is 127 Å². The van der Waals surface area contributed by atoms with Gasteiger partial charge in [-0.25, -0.2) is 0 Å². The van der Waals surface area contributed by atoms with Crippen molar-refractivity contribution >= 4 is 21.6 Å². The van der Waals surface area contributed by atoms with Crippen LogP contribution >= 0.6 is 15.9 Å². The number of benzene rings is 2. The summed E-state index contributed by atoms with van der Waals surface area (Å²) < 4.78 is 1.02. The third-order valence-corrected chi connectivity index (χ3v) is 3.76. The number of rotatable bonds is 4. The minimum atomic E-state index is 0.699. The SMILES string of the molecule is CN(Cc1cccc(C#N)c1)Cc1ccc(N)cc1Br. The van der Waals surface area contributed by atoms with Crippen LogP contribution in [0.15, 0.2) is 46.9 Å². The van der Waals surface area contributed by atoms with E-state index in [0.717, 1.165) is 28.8 Å². The monoisotopic (exact) mass is 329 g/mol. The van der Waals surface area contributed by atoms with Crippen LogP contribution in [0.1, 0.15) is 16.7 Å². The number of nitrogens with zero attached hydrogens (tertiary/aromatic N) is 2. The molecule has 2 aromatic carbocycles. The van der Waals surface area contributed by atoms with Gasteiger partial charge in [-0.15, -0.1) is 0 Å². The maximum Gasteiger partial charge on any atom is 0.0991 e. The van der Waals surface area contributed by atoms with Gasteiger partial charge in [0.05, 0.1) is 11.6 Å². The molecule has 0 saturated heterocycles. The Kier molecular flexibility index (Phi) is 4.78. The summed E-state index contributed by atoms with van der Waals surface area (Å²) in [5.74, 6) is 0. The molecule has 0 amide bonds. The van der Waals surface area contributed by atoms with E-state index in [9.17, 15) is 0 Å². The molecule has 0 spiro atoms. The highest BCUT2D eigenvalue weighted by Crippen LogP contribution is 2.21. The number of anilines is 1. The van der Waals surface area contributed by atoms with E-state index in [-0.39, 0.29) is 0 Å². The average Bonchev–Trinajstić information content (AvgIpc) is 2.42. The van der Waals surface area contributed by atoms with E-state index >= 15 is 0 Å². The predicted octanol–water partition coefficient (Wildman–Crippen LogP) is 3.53. The van der Waals surface area contributed by atoms with Crippen LogP contribution in [0.25, 0.3) is 0 Å². The van der Waals surface area contributed by atoms with Gasteiger partial charge in [0.15, 0.2) is 0 Å². The molecule has 20 heavy (non-hydrogen) atoms. The Balaban J connectivity index is 2.05. The van der Waals surface area contributed by atoms with Gasteiger partial charge in [-0.1, -0.05) is 34.1 Å². The van der Waals surface area contributed by atoms with Crippen LogP contribution in [-0.4, -0.2) is 11.9 Å². The lowest BCUT2D eigenvalue weighted by Crippen LogP contribution is -2.17. The van der Waals surface area contributed by atoms with Crippen molar-refractivity contribution in [1.82, 2.24) is 4.90 Å². The summed E-state index contributed by atoms with van der Waals surface area (Å²) in [5.41, 5.74) is 9.52. The molecule has 0 aliphatic rings. The molecule has 0 unspecified atom stereocenters. The summed E-state index contributed by atoms with van der Waals surface area (Å²) in [4.78, 5) is 2.20. The zero-order valence-corrected chi connectivity index (χ0v) is 12.9. The Morgan fingerprint density at radius 2 is 2.00 bits per heavy atom. The lowest BCUT2D eigenvalue weighted by atomic mass is 10.1. The molecular weight excluding hydrogens is 314 g/mol. The quantitative estimate of drug-likeness (QED) is 0.873. The normalized spacial score (nSPS) is 10.5. The lowest BCUT2D eigenvalue weighted by Gasteiger charge is -2.18. The van der Waals surface area contributed by atoms with Gasteiger partial charge in [0.2, 0.25) is 0 Å². The second-order valence-corrected chi connectivity index (χ2v) is 5.69. The Morgan fingerprint density at radius 1 is 1.20 bits per heavy atom. The largest absolute Gasteiger partial charge is 0.399 e. The van der Waals surface area contributed by atoms with E-state index in [4.69, 9.17) is 11.0 Å². The minimum absolute atomic E-state index is 0.699. The summed E-state index contributed by atoms with van der Waals surface area (Å²) in [5, 5.41) is 8.91. The van der Waals surface area contributed by atoms with Gasteiger partial charge in [0, 0.05) is 23.2 Å². The van der Waals surface area contributed by atoms with Crippen LogP contribution in [-0.2, 0) is 13.1 Å². The Bertz CT molecular complexity index is 646. The van der Waals surface area contributed by atoms with Crippen molar-refractivity contribution < 1.29 is 0 Å². The first kappa shape index (κ1) is 14.6. The molecule has 2 aromatic rings. The number of nitrogen functional groups attached to an aromatic ring is 1. The van der Waals surface area contributed by atoms with Crippen molar-refractivity contribution in [3.63, 3.8) is 0 Å². The van der Waals surface area contributed by atoms with Crippen LogP contribution in [0, 0.1) is 11.3 Å². The summed E-state index contributed by atoms with van der Waals surface area (Å²) in [6, 6.07) is 15.7. The summed E-state index contributed by atoms with van der Waals surface area (Å²) in [7, 11) is 2.06. The molecule has 102 valence electrons. The van der Waals surface area contributed by atoms with Crippen molar-refractivity contribution in [1.29, 1.82) is 5.26 Å². The van der Waals surface area contributed by atoms with E-state index in [0.29, 0.717) is 5.56 Å². The van der Waals surface area contributed by atoms with Crippen molar-refractivity contribution in [2.45, 2.75) is 13.1 Å². The molecule has 4 heteroatoms. The van der Waals surface area contributed by atoms with Gasteiger partial charge in [-0.2, -0.15) is 5.26 Å². The molecule has 0 radical (unpaired) electrons. The lowest BCUT2D eigenvalue weighted by molar-refractivity contribution is 0.318. The zero-order chi connectivity index (χ0) is 14.5. The first-order valence-electron chi connectivity index (χ1n) is 6.30.